The zero-order valence-electron chi connectivity index (χ0n) is 7.14. The first-order valence-electron chi connectivity index (χ1n) is 3.88. The molecule has 0 aromatic carbocycles. The number of hydrogen-bond donors (Lipinski definition) is 1. The van der Waals surface area contributed by atoms with Gasteiger partial charge in [0.15, 0.2) is 6.04 Å². The SMILES string of the molecule is CC[C@@H](C(=O)O)n1cc(CF)nn1. The second-order valence-corrected chi connectivity index (χ2v) is 2.59. The van der Waals surface area contributed by atoms with Crippen molar-refractivity contribution >= 4 is 5.97 Å². The van der Waals surface area contributed by atoms with Crippen LogP contribution in [0.4, 0.5) is 4.39 Å². The van der Waals surface area contributed by atoms with Crippen LogP contribution in [-0.2, 0) is 11.5 Å². The fraction of sp³-hybridized carbons (Fsp3) is 0.571. The average Bonchev–Trinajstić information content (AvgIpc) is 2.53. The third-order valence-electron chi connectivity index (χ3n) is 1.69. The summed E-state index contributed by atoms with van der Waals surface area (Å²) in [5.41, 5.74) is 0.153. The molecular weight excluding hydrogens is 177 g/mol. The minimum absolute atomic E-state index is 0.153. The fourth-order valence-corrected chi connectivity index (χ4v) is 1.00. The molecule has 6 heteroatoms. The summed E-state index contributed by atoms with van der Waals surface area (Å²) in [7, 11) is 0. The summed E-state index contributed by atoms with van der Waals surface area (Å²) in [6, 6.07) is -0.757. The van der Waals surface area contributed by atoms with Crippen LogP contribution >= 0.6 is 0 Å². The highest BCUT2D eigenvalue weighted by Gasteiger charge is 2.18. The summed E-state index contributed by atoms with van der Waals surface area (Å²) in [6.07, 6.45) is 1.70. The Labute approximate surface area is 74.2 Å². The molecule has 0 amide bonds. The Morgan fingerprint density at radius 2 is 2.54 bits per heavy atom. The summed E-state index contributed by atoms with van der Waals surface area (Å²) in [5, 5.41) is 15.7. The van der Waals surface area contributed by atoms with E-state index in [0.717, 1.165) is 4.68 Å². The van der Waals surface area contributed by atoms with Crippen LogP contribution in [-0.4, -0.2) is 26.1 Å². The number of carboxylic acid groups (broad SMARTS) is 1. The normalized spacial score (nSPS) is 12.8. The molecule has 0 aliphatic heterocycles. The van der Waals surface area contributed by atoms with Crippen molar-refractivity contribution in [2.24, 2.45) is 0 Å². The van der Waals surface area contributed by atoms with Gasteiger partial charge in [-0.3, -0.25) is 0 Å². The third-order valence-corrected chi connectivity index (χ3v) is 1.69. The molecule has 0 bridgehead atoms. The van der Waals surface area contributed by atoms with Crippen LogP contribution in [0.2, 0.25) is 0 Å². The molecule has 72 valence electrons. The van der Waals surface area contributed by atoms with Crippen LogP contribution in [0.5, 0.6) is 0 Å². The van der Waals surface area contributed by atoms with E-state index in [1.807, 2.05) is 0 Å². The van der Waals surface area contributed by atoms with Gasteiger partial charge in [0.1, 0.15) is 12.4 Å². The van der Waals surface area contributed by atoms with Crippen molar-refractivity contribution in [1.29, 1.82) is 0 Å². The molecule has 1 heterocycles. The van der Waals surface area contributed by atoms with Crippen LogP contribution in [0, 0.1) is 0 Å². The minimum Gasteiger partial charge on any atom is -0.480 e. The van der Waals surface area contributed by atoms with Gasteiger partial charge in [-0.05, 0) is 6.42 Å². The number of aliphatic carboxylic acids is 1. The maximum absolute atomic E-state index is 12.0. The number of halogens is 1. The molecule has 0 unspecified atom stereocenters. The van der Waals surface area contributed by atoms with Crippen LogP contribution in [0.25, 0.3) is 0 Å². The first kappa shape index (κ1) is 9.63. The maximum atomic E-state index is 12.0. The Kier molecular flexibility index (Phi) is 2.94. The van der Waals surface area contributed by atoms with E-state index in [0.29, 0.717) is 6.42 Å². The summed E-state index contributed by atoms with van der Waals surface area (Å²) < 4.78 is 13.2. The molecule has 0 aliphatic rings. The van der Waals surface area contributed by atoms with E-state index < -0.39 is 18.7 Å². The van der Waals surface area contributed by atoms with Crippen LogP contribution < -0.4 is 0 Å². The molecule has 0 fully saturated rings. The van der Waals surface area contributed by atoms with Crippen molar-refractivity contribution in [3.8, 4) is 0 Å². The van der Waals surface area contributed by atoms with Gasteiger partial charge in [-0.25, -0.2) is 13.9 Å². The third kappa shape index (κ3) is 2.01. The molecule has 0 saturated carbocycles. The largest absolute Gasteiger partial charge is 0.480 e. The van der Waals surface area contributed by atoms with E-state index in [1.54, 1.807) is 6.92 Å². The minimum atomic E-state index is -0.988. The molecule has 13 heavy (non-hydrogen) atoms. The number of alkyl halides is 1. The van der Waals surface area contributed by atoms with E-state index in [4.69, 9.17) is 5.11 Å². The Morgan fingerprint density at radius 3 is 2.92 bits per heavy atom. The lowest BCUT2D eigenvalue weighted by Crippen LogP contribution is -2.18. The van der Waals surface area contributed by atoms with Crippen molar-refractivity contribution in [3.05, 3.63) is 11.9 Å². The molecule has 0 radical (unpaired) electrons. The quantitative estimate of drug-likeness (QED) is 0.756. The molecular formula is C7H10FN3O2. The summed E-state index contributed by atoms with van der Waals surface area (Å²) >= 11 is 0. The van der Waals surface area contributed by atoms with Gasteiger partial charge in [-0.2, -0.15) is 0 Å². The second-order valence-electron chi connectivity index (χ2n) is 2.59. The highest BCUT2D eigenvalue weighted by atomic mass is 19.1. The smallest absolute Gasteiger partial charge is 0.328 e. The van der Waals surface area contributed by atoms with Gasteiger partial charge in [0.05, 0.1) is 6.20 Å². The maximum Gasteiger partial charge on any atom is 0.328 e. The lowest BCUT2D eigenvalue weighted by atomic mass is 10.2. The zero-order valence-corrected chi connectivity index (χ0v) is 7.14. The van der Waals surface area contributed by atoms with E-state index >= 15 is 0 Å². The van der Waals surface area contributed by atoms with Crippen molar-refractivity contribution in [3.63, 3.8) is 0 Å². The monoisotopic (exact) mass is 187 g/mol. The first-order chi connectivity index (χ1) is 6.19. The summed E-state index contributed by atoms with van der Waals surface area (Å²) in [6.45, 7) is 0.992. The molecule has 0 saturated heterocycles. The van der Waals surface area contributed by atoms with E-state index in [-0.39, 0.29) is 5.69 Å². The van der Waals surface area contributed by atoms with E-state index in [1.165, 1.54) is 6.20 Å². The van der Waals surface area contributed by atoms with Gasteiger partial charge in [0.25, 0.3) is 0 Å². The van der Waals surface area contributed by atoms with Crippen molar-refractivity contribution < 1.29 is 14.3 Å². The van der Waals surface area contributed by atoms with Crippen LogP contribution in [0.1, 0.15) is 25.1 Å². The predicted octanol–water partition coefficient (Wildman–Crippen LogP) is 0.783. The van der Waals surface area contributed by atoms with E-state index in [9.17, 15) is 9.18 Å². The molecule has 1 N–H and O–H groups in total. The molecule has 0 aliphatic carbocycles. The highest BCUT2D eigenvalue weighted by molar-refractivity contribution is 5.71. The Bertz CT molecular complexity index is 300. The number of carbonyl (C=O) groups is 1. The lowest BCUT2D eigenvalue weighted by Gasteiger charge is -2.07. The molecule has 1 aromatic heterocycles. The number of nitrogens with zero attached hydrogens (tertiary/aromatic N) is 3. The molecule has 1 aromatic rings. The molecule has 1 rings (SSSR count). The number of hydrogen-bond acceptors (Lipinski definition) is 3. The van der Waals surface area contributed by atoms with Crippen LogP contribution in [0.3, 0.4) is 0 Å². The van der Waals surface area contributed by atoms with Gasteiger partial charge in [0, 0.05) is 0 Å². The Morgan fingerprint density at radius 1 is 1.85 bits per heavy atom. The standard InChI is InChI=1S/C7H10FN3O2/c1-2-6(7(12)13)11-4-5(3-8)9-10-11/h4,6H,2-3H2,1H3,(H,12,13)/t6-/m0/s1. The molecule has 1 atom stereocenters. The van der Waals surface area contributed by atoms with Gasteiger partial charge < -0.3 is 5.11 Å². The highest BCUT2D eigenvalue weighted by Crippen LogP contribution is 2.10. The number of carboxylic acids is 1. The average molecular weight is 187 g/mol. The van der Waals surface area contributed by atoms with Crippen molar-refractivity contribution in [1.82, 2.24) is 15.0 Å². The Hall–Kier alpha value is -1.46. The number of rotatable bonds is 4. The second kappa shape index (κ2) is 3.97. The van der Waals surface area contributed by atoms with Crippen molar-refractivity contribution in [2.75, 3.05) is 0 Å². The topological polar surface area (TPSA) is 68.0 Å². The molecule has 0 spiro atoms. The van der Waals surface area contributed by atoms with Gasteiger partial charge in [0.2, 0.25) is 0 Å². The van der Waals surface area contributed by atoms with Gasteiger partial charge >= 0.3 is 5.97 Å². The summed E-state index contributed by atoms with van der Waals surface area (Å²) in [5.74, 6) is -0.988. The summed E-state index contributed by atoms with van der Waals surface area (Å²) in [4.78, 5) is 10.6. The first-order valence-corrected chi connectivity index (χ1v) is 3.88. The molecule has 5 nitrogen and oxygen atoms in total. The Balaban J connectivity index is 2.85. The number of aromatic nitrogens is 3. The predicted molar refractivity (Wildman–Crippen MR) is 41.8 cm³/mol. The lowest BCUT2D eigenvalue weighted by molar-refractivity contribution is -0.141. The zero-order chi connectivity index (χ0) is 9.84. The van der Waals surface area contributed by atoms with Gasteiger partial charge in [-0.1, -0.05) is 12.1 Å². The fourth-order valence-electron chi connectivity index (χ4n) is 1.00. The van der Waals surface area contributed by atoms with Gasteiger partial charge in [-0.15, -0.1) is 5.10 Å². The van der Waals surface area contributed by atoms with E-state index in [2.05, 4.69) is 10.3 Å². The van der Waals surface area contributed by atoms with Crippen molar-refractivity contribution in [2.45, 2.75) is 26.1 Å². The van der Waals surface area contributed by atoms with Crippen LogP contribution in [0.15, 0.2) is 6.20 Å².